The molecule has 0 amide bonds. The van der Waals surface area contributed by atoms with Gasteiger partial charge < -0.3 is 4.74 Å². The van der Waals surface area contributed by atoms with Crippen molar-refractivity contribution >= 4 is 23.8 Å². The SMILES string of the molecule is CCCC(C)Sc1ccc(C(=O)C=O)cc1.COC. The molecule has 1 unspecified atom stereocenters. The number of thioether (sulfide) groups is 1. The molecule has 1 rings (SSSR count). The van der Waals surface area contributed by atoms with E-state index in [4.69, 9.17) is 0 Å². The van der Waals surface area contributed by atoms with Crippen LogP contribution in [0, 0.1) is 0 Å². The third-order valence-electron chi connectivity index (χ3n) is 2.28. The summed E-state index contributed by atoms with van der Waals surface area (Å²) in [4.78, 5) is 22.5. The molecule has 0 bridgehead atoms. The number of carbonyl (C=O) groups is 2. The van der Waals surface area contributed by atoms with Gasteiger partial charge in [-0.2, -0.15) is 0 Å². The second-order valence-electron chi connectivity index (χ2n) is 4.13. The van der Waals surface area contributed by atoms with Crippen molar-refractivity contribution in [1.29, 1.82) is 0 Å². The summed E-state index contributed by atoms with van der Waals surface area (Å²) in [7, 11) is 3.25. The summed E-state index contributed by atoms with van der Waals surface area (Å²) in [5.74, 6) is -0.460. The number of hydrogen-bond donors (Lipinski definition) is 0. The first-order chi connectivity index (χ1) is 9.08. The van der Waals surface area contributed by atoms with Gasteiger partial charge in [0.05, 0.1) is 0 Å². The predicted molar refractivity (Wildman–Crippen MR) is 80.0 cm³/mol. The van der Waals surface area contributed by atoms with Gasteiger partial charge in [-0.3, -0.25) is 9.59 Å². The normalized spacial score (nSPS) is 11.2. The highest BCUT2D eigenvalue weighted by Crippen LogP contribution is 2.25. The number of rotatable bonds is 6. The summed E-state index contributed by atoms with van der Waals surface area (Å²) in [5, 5.41) is 0.581. The number of aldehydes is 1. The van der Waals surface area contributed by atoms with Crippen LogP contribution in [-0.2, 0) is 9.53 Å². The standard InChI is InChI=1S/C13H16O2S.C2H6O/c1-3-4-10(2)16-12-7-5-11(6-8-12)13(15)9-14;1-3-2/h5-10H,3-4H2,1-2H3;1-2H3. The van der Waals surface area contributed by atoms with Gasteiger partial charge in [0, 0.05) is 29.9 Å². The lowest BCUT2D eigenvalue weighted by Crippen LogP contribution is -1.99. The van der Waals surface area contributed by atoms with Crippen molar-refractivity contribution in [3.05, 3.63) is 29.8 Å². The number of Topliss-reactive ketones (excluding diaryl/α,β-unsaturated/α-hetero) is 1. The fraction of sp³-hybridized carbons (Fsp3) is 0.467. The second-order valence-corrected chi connectivity index (χ2v) is 5.64. The number of ether oxygens (including phenoxy) is 1. The van der Waals surface area contributed by atoms with Crippen LogP contribution in [0.2, 0.25) is 0 Å². The van der Waals surface area contributed by atoms with E-state index >= 15 is 0 Å². The number of methoxy groups -OCH3 is 1. The largest absolute Gasteiger partial charge is 0.388 e. The third-order valence-corrected chi connectivity index (χ3v) is 3.46. The van der Waals surface area contributed by atoms with Crippen molar-refractivity contribution in [2.24, 2.45) is 0 Å². The molecule has 0 heterocycles. The summed E-state index contributed by atoms with van der Waals surface area (Å²) < 4.78 is 4.25. The van der Waals surface area contributed by atoms with Crippen LogP contribution in [0.1, 0.15) is 37.0 Å². The van der Waals surface area contributed by atoms with Gasteiger partial charge in [0.2, 0.25) is 5.78 Å². The minimum atomic E-state index is -0.460. The van der Waals surface area contributed by atoms with Gasteiger partial charge in [0.15, 0.2) is 6.29 Å². The van der Waals surface area contributed by atoms with Gasteiger partial charge in [-0.05, 0) is 30.7 Å². The van der Waals surface area contributed by atoms with Crippen molar-refractivity contribution in [2.75, 3.05) is 14.2 Å². The Labute approximate surface area is 119 Å². The Bertz CT molecular complexity index is 373. The van der Waals surface area contributed by atoms with E-state index in [9.17, 15) is 9.59 Å². The Kier molecular flexibility index (Phi) is 10.1. The van der Waals surface area contributed by atoms with E-state index in [2.05, 4.69) is 18.6 Å². The first-order valence-corrected chi connectivity index (χ1v) is 7.13. The first kappa shape index (κ1) is 17.9. The maximum absolute atomic E-state index is 11.1. The van der Waals surface area contributed by atoms with Crippen LogP contribution in [0.5, 0.6) is 0 Å². The summed E-state index contributed by atoms with van der Waals surface area (Å²) >= 11 is 1.80. The summed E-state index contributed by atoms with van der Waals surface area (Å²) in [6.07, 6.45) is 2.71. The van der Waals surface area contributed by atoms with Crippen molar-refractivity contribution in [3.8, 4) is 0 Å². The first-order valence-electron chi connectivity index (χ1n) is 6.25. The molecule has 0 saturated carbocycles. The number of carbonyl (C=O) groups excluding carboxylic acids is 2. The summed E-state index contributed by atoms with van der Waals surface area (Å²) in [6.45, 7) is 4.36. The van der Waals surface area contributed by atoms with Gasteiger partial charge in [-0.25, -0.2) is 0 Å². The van der Waals surface area contributed by atoms with Gasteiger partial charge in [-0.15, -0.1) is 11.8 Å². The fourth-order valence-electron chi connectivity index (χ4n) is 1.46. The molecule has 0 aromatic heterocycles. The van der Waals surface area contributed by atoms with Crippen LogP contribution in [0.4, 0.5) is 0 Å². The van der Waals surface area contributed by atoms with E-state index in [0.717, 1.165) is 4.90 Å². The van der Waals surface area contributed by atoms with E-state index < -0.39 is 5.78 Å². The molecule has 0 aliphatic carbocycles. The molecular formula is C15H22O3S. The number of ketones is 1. The summed E-state index contributed by atoms with van der Waals surface area (Å²) in [6, 6.07) is 7.20. The average molecular weight is 282 g/mol. The lowest BCUT2D eigenvalue weighted by Gasteiger charge is -2.09. The lowest BCUT2D eigenvalue weighted by atomic mass is 10.1. The average Bonchev–Trinajstić information content (AvgIpc) is 2.40. The third kappa shape index (κ3) is 7.80. The maximum atomic E-state index is 11.1. The molecule has 0 aliphatic heterocycles. The summed E-state index contributed by atoms with van der Waals surface area (Å²) in [5.41, 5.74) is 0.461. The molecule has 0 N–H and O–H groups in total. The highest BCUT2D eigenvalue weighted by atomic mass is 32.2. The van der Waals surface area contributed by atoms with E-state index in [0.29, 0.717) is 17.1 Å². The monoisotopic (exact) mass is 282 g/mol. The lowest BCUT2D eigenvalue weighted by molar-refractivity contribution is -0.104. The molecule has 0 fully saturated rings. The molecule has 0 aliphatic rings. The van der Waals surface area contributed by atoms with Crippen LogP contribution in [-0.4, -0.2) is 31.5 Å². The smallest absolute Gasteiger partial charge is 0.225 e. The molecule has 3 nitrogen and oxygen atoms in total. The molecule has 106 valence electrons. The zero-order valence-corrected chi connectivity index (χ0v) is 12.8. The fourth-order valence-corrected chi connectivity index (χ4v) is 2.57. The Balaban J connectivity index is 0.000000982. The van der Waals surface area contributed by atoms with E-state index in [1.165, 1.54) is 12.8 Å². The minimum absolute atomic E-state index is 0.349. The number of benzene rings is 1. The molecule has 0 radical (unpaired) electrons. The van der Waals surface area contributed by atoms with Crippen molar-refractivity contribution in [1.82, 2.24) is 0 Å². The Morgan fingerprint density at radius 3 is 2.26 bits per heavy atom. The zero-order valence-electron chi connectivity index (χ0n) is 12.0. The molecular weight excluding hydrogens is 260 g/mol. The van der Waals surface area contributed by atoms with Gasteiger partial charge in [-0.1, -0.05) is 20.3 Å². The Morgan fingerprint density at radius 1 is 1.32 bits per heavy atom. The van der Waals surface area contributed by atoms with Crippen LogP contribution < -0.4 is 0 Å². The highest BCUT2D eigenvalue weighted by Gasteiger charge is 2.06. The molecule has 1 aromatic carbocycles. The van der Waals surface area contributed by atoms with Crippen molar-refractivity contribution < 1.29 is 14.3 Å². The van der Waals surface area contributed by atoms with E-state index in [-0.39, 0.29) is 0 Å². The van der Waals surface area contributed by atoms with Crippen LogP contribution in [0.25, 0.3) is 0 Å². The van der Waals surface area contributed by atoms with Crippen molar-refractivity contribution in [2.45, 2.75) is 36.8 Å². The van der Waals surface area contributed by atoms with Crippen LogP contribution >= 0.6 is 11.8 Å². The zero-order chi connectivity index (χ0) is 14.7. The van der Waals surface area contributed by atoms with Crippen LogP contribution in [0.15, 0.2) is 29.2 Å². The Hall–Kier alpha value is -1.13. The molecule has 1 aromatic rings. The minimum Gasteiger partial charge on any atom is -0.388 e. The van der Waals surface area contributed by atoms with Crippen molar-refractivity contribution in [3.63, 3.8) is 0 Å². The molecule has 4 heteroatoms. The Morgan fingerprint density at radius 2 is 1.84 bits per heavy atom. The second kappa shape index (κ2) is 10.8. The van der Waals surface area contributed by atoms with Gasteiger partial charge in [0.1, 0.15) is 0 Å². The molecule has 1 atom stereocenters. The van der Waals surface area contributed by atoms with Crippen LogP contribution in [0.3, 0.4) is 0 Å². The van der Waals surface area contributed by atoms with Gasteiger partial charge >= 0.3 is 0 Å². The molecule has 0 spiro atoms. The number of hydrogen-bond acceptors (Lipinski definition) is 4. The quantitative estimate of drug-likeness (QED) is 0.346. The van der Waals surface area contributed by atoms with E-state index in [1.807, 2.05) is 12.1 Å². The van der Waals surface area contributed by atoms with Gasteiger partial charge in [0.25, 0.3) is 0 Å². The molecule has 19 heavy (non-hydrogen) atoms. The maximum Gasteiger partial charge on any atom is 0.225 e. The highest BCUT2D eigenvalue weighted by molar-refractivity contribution is 7.99. The molecule has 0 saturated heterocycles. The van der Waals surface area contributed by atoms with E-state index in [1.54, 1.807) is 38.1 Å². The predicted octanol–water partition coefficient (Wildman–Crippen LogP) is 3.61. The topological polar surface area (TPSA) is 43.4 Å².